The largest absolute Gasteiger partial charge is 0.338 e. The molecular weight excluding hydrogens is 324 g/mol. The summed E-state index contributed by atoms with van der Waals surface area (Å²) in [5.41, 5.74) is 4.31. The molecule has 5 nitrogen and oxygen atoms in total. The zero-order valence-corrected chi connectivity index (χ0v) is 13.9. The van der Waals surface area contributed by atoms with Gasteiger partial charge in [0.15, 0.2) is 0 Å². The topological polar surface area (TPSA) is 70.7 Å². The summed E-state index contributed by atoms with van der Waals surface area (Å²) >= 11 is 0. The van der Waals surface area contributed by atoms with Crippen molar-refractivity contribution in [3.05, 3.63) is 84.7 Å². The van der Waals surface area contributed by atoms with E-state index in [1.165, 1.54) is 6.08 Å². The van der Waals surface area contributed by atoms with Crippen molar-refractivity contribution in [3.63, 3.8) is 0 Å². The van der Waals surface area contributed by atoms with E-state index < -0.39 is 0 Å². The Bertz CT molecular complexity index is 1050. The molecule has 0 saturated carbocycles. The Kier molecular flexibility index (Phi) is 4.26. The number of hydrogen-bond donors (Lipinski definition) is 2. The van der Waals surface area contributed by atoms with Crippen LogP contribution in [0.1, 0.15) is 5.56 Å². The highest BCUT2D eigenvalue weighted by atomic mass is 16.1. The monoisotopic (exact) mass is 340 g/mol. The minimum atomic E-state index is -0.203. The van der Waals surface area contributed by atoms with Crippen molar-refractivity contribution in [1.29, 1.82) is 0 Å². The summed E-state index contributed by atoms with van der Waals surface area (Å²) in [5.74, 6) is 0.519. The SMILES string of the molecule is O=C(C=Cc1ccncc1)Nc1ccccc1-c1nc2ccccc2[nH]1. The molecule has 4 aromatic rings. The number of carbonyl (C=O) groups excluding carboxylic acids is 1. The normalized spacial score (nSPS) is 11.1. The summed E-state index contributed by atoms with van der Waals surface area (Å²) in [6.07, 6.45) is 6.63. The molecule has 26 heavy (non-hydrogen) atoms. The van der Waals surface area contributed by atoms with E-state index in [-0.39, 0.29) is 5.91 Å². The van der Waals surface area contributed by atoms with Crippen LogP contribution in [0.25, 0.3) is 28.5 Å². The highest BCUT2D eigenvalue weighted by molar-refractivity contribution is 6.04. The number of nitrogens with zero attached hydrogens (tertiary/aromatic N) is 2. The molecule has 0 aliphatic rings. The second-order valence-corrected chi connectivity index (χ2v) is 5.75. The lowest BCUT2D eigenvalue weighted by Crippen LogP contribution is -2.08. The molecule has 2 N–H and O–H groups in total. The Morgan fingerprint density at radius 2 is 1.73 bits per heavy atom. The molecule has 2 aromatic heterocycles. The quantitative estimate of drug-likeness (QED) is 0.545. The predicted molar refractivity (Wildman–Crippen MR) is 103 cm³/mol. The van der Waals surface area contributed by atoms with E-state index in [1.807, 2.05) is 60.7 Å². The molecule has 5 heteroatoms. The second kappa shape index (κ2) is 7.03. The van der Waals surface area contributed by atoms with Crippen molar-refractivity contribution in [2.75, 3.05) is 5.32 Å². The number of para-hydroxylation sites is 3. The molecule has 0 aliphatic carbocycles. The molecule has 0 spiro atoms. The van der Waals surface area contributed by atoms with Gasteiger partial charge in [-0.2, -0.15) is 0 Å². The summed E-state index contributed by atoms with van der Waals surface area (Å²) < 4.78 is 0. The van der Waals surface area contributed by atoms with E-state index in [1.54, 1.807) is 18.5 Å². The zero-order chi connectivity index (χ0) is 17.8. The van der Waals surface area contributed by atoms with Crippen molar-refractivity contribution in [1.82, 2.24) is 15.0 Å². The van der Waals surface area contributed by atoms with Gasteiger partial charge >= 0.3 is 0 Å². The Hall–Kier alpha value is -3.73. The molecule has 4 rings (SSSR count). The van der Waals surface area contributed by atoms with Crippen LogP contribution >= 0.6 is 0 Å². The first kappa shape index (κ1) is 15.8. The number of aromatic nitrogens is 3. The number of aromatic amines is 1. The van der Waals surface area contributed by atoms with Gasteiger partial charge in [-0.15, -0.1) is 0 Å². The minimum Gasteiger partial charge on any atom is -0.338 e. The van der Waals surface area contributed by atoms with Crippen molar-refractivity contribution < 1.29 is 4.79 Å². The van der Waals surface area contributed by atoms with E-state index in [9.17, 15) is 4.79 Å². The van der Waals surface area contributed by atoms with Gasteiger partial charge in [0.25, 0.3) is 0 Å². The smallest absolute Gasteiger partial charge is 0.248 e. The van der Waals surface area contributed by atoms with Gasteiger partial charge in [0.2, 0.25) is 5.91 Å². The van der Waals surface area contributed by atoms with Crippen molar-refractivity contribution in [3.8, 4) is 11.4 Å². The molecule has 0 radical (unpaired) electrons. The molecule has 0 aliphatic heterocycles. The lowest BCUT2D eigenvalue weighted by atomic mass is 10.1. The lowest BCUT2D eigenvalue weighted by Gasteiger charge is -2.07. The standard InChI is InChI=1S/C21H16N4O/c26-20(10-9-15-11-13-22-14-12-15)23-17-6-2-1-5-16(17)21-24-18-7-3-4-8-19(18)25-21/h1-14H,(H,23,26)(H,24,25). The first-order chi connectivity index (χ1) is 12.8. The maximum Gasteiger partial charge on any atom is 0.248 e. The van der Waals surface area contributed by atoms with Crippen LogP contribution in [0.15, 0.2) is 79.1 Å². The fourth-order valence-electron chi connectivity index (χ4n) is 2.70. The van der Waals surface area contributed by atoms with Gasteiger partial charge in [-0.25, -0.2) is 4.98 Å². The van der Waals surface area contributed by atoms with Gasteiger partial charge < -0.3 is 10.3 Å². The van der Waals surface area contributed by atoms with Crippen molar-refractivity contribution >= 4 is 28.7 Å². The second-order valence-electron chi connectivity index (χ2n) is 5.75. The first-order valence-corrected chi connectivity index (χ1v) is 8.23. The fourth-order valence-corrected chi connectivity index (χ4v) is 2.70. The van der Waals surface area contributed by atoms with Gasteiger partial charge in [-0.3, -0.25) is 9.78 Å². The fraction of sp³-hybridized carbons (Fsp3) is 0. The van der Waals surface area contributed by atoms with E-state index >= 15 is 0 Å². The Morgan fingerprint density at radius 1 is 0.962 bits per heavy atom. The third kappa shape index (κ3) is 3.37. The highest BCUT2D eigenvalue weighted by Crippen LogP contribution is 2.27. The van der Waals surface area contributed by atoms with Crippen LogP contribution in [0.2, 0.25) is 0 Å². The van der Waals surface area contributed by atoms with Gasteiger partial charge in [-0.05, 0) is 48.0 Å². The number of hydrogen-bond acceptors (Lipinski definition) is 3. The van der Waals surface area contributed by atoms with Crippen LogP contribution in [0.4, 0.5) is 5.69 Å². The number of nitrogens with one attached hydrogen (secondary N) is 2. The molecular formula is C21H16N4O. The number of pyridine rings is 1. The highest BCUT2D eigenvalue weighted by Gasteiger charge is 2.10. The number of benzene rings is 2. The molecule has 0 bridgehead atoms. The first-order valence-electron chi connectivity index (χ1n) is 8.23. The molecule has 0 saturated heterocycles. The predicted octanol–water partition coefficient (Wildman–Crippen LogP) is 4.28. The van der Waals surface area contributed by atoms with Gasteiger partial charge in [0, 0.05) is 24.0 Å². The van der Waals surface area contributed by atoms with Crippen LogP contribution < -0.4 is 5.32 Å². The van der Waals surface area contributed by atoms with Crippen LogP contribution in [0.5, 0.6) is 0 Å². The summed E-state index contributed by atoms with van der Waals surface area (Å²) in [6.45, 7) is 0. The van der Waals surface area contributed by atoms with E-state index in [0.717, 1.165) is 28.0 Å². The van der Waals surface area contributed by atoms with E-state index in [0.29, 0.717) is 5.69 Å². The van der Waals surface area contributed by atoms with Gasteiger partial charge in [0.1, 0.15) is 5.82 Å². The summed E-state index contributed by atoms with van der Waals surface area (Å²) in [7, 11) is 0. The summed E-state index contributed by atoms with van der Waals surface area (Å²) in [4.78, 5) is 24.2. The molecule has 0 fully saturated rings. The van der Waals surface area contributed by atoms with Crippen molar-refractivity contribution in [2.45, 2.75) is 0 Å². The molecule has 0 atom stereocenters. The maximum atomic E-state index is 12.3. The van der Waals surface area contributed by atoms with E-state index in [4.69, 9.17) is 0 Å². The van der Waals surface area contributed by atoms with Gasteiger partial charge in [-0.1, -0.05) is 24.3 Å². The molecule has 2 aromatic carbocycles. The number of rotatable bonds is 4. The average molecular weight is 340 g/mol. The number of amides is 1. The third-order valence-corrected chi connectivity index (χ3v) is 3.96. The van der Waals surface area contributed by atoms with E-state index in [2.05, 4.69) is 20.3 Å². The van der Waals surface area contributed by atoms with Crippen molar-refractivity contribution in [2.24, 2.45) is 0 Å². The number of anilines is 1. The molecule has 0 unspecified atom stereocenters. The lowest BCUT2D eigenvalue weighted by molar-refractivity contribution is -0.111. The summed E-state index contributed by atoms with van der Waals surface area (Å²) in [6, 6.07) is 19.1. The maximum absolute atomic E-state index is 12.3. The zero-order valence-electron chi connectivity index (χ0n) is 13.9. The van der Waals surface area contributed by atoms with Gasteiger partial charge in [0.05, 0.1) is 16.7 Å². The van der Waals surface area contributed by atoms with Crippen LogP contribution in [-0.4, -0.2) is 20.9 Å². The van der Waals surface area contributed by atoms with Crippen LogP contribution in [-0.2, 0) is 4.79 Å². The van der Waals surface area contributed by atoms with Crippen LogP contribution in [0, 0.1) is 0 Å². The number of carbonyl (C=O) groups is 1. The third-order valence-electron chi connectivity index (χ3n) is 3.96. The molecule has 1 amide bonds. The average Bonchev–Trinajstić information content (AvgIpc) is 3.12. The molecule has 126 valence electrons. The number of H-pyrrole nitrogens is 1. The van der Waals surface area contributed by atoms with Crippen LogP contribution in [0.3, 0.4) is 0 Å². The summed E-state index contributed by atoms with van der Waals surface area (Å²) in [5, 5.41) is 2.92. The Morgan fingerprint density at radius 3 is 2.58 bits per heavy atom. The number of imidazole rings is 1. The number of fused-ring (bicyclic) bond motifs is 1. The molecule has 2 heterocycles. The minimum absolute atomic E-state index is 0.203. The Labute approximate surface area is 150 Å². The Balaban J connectivity index is 1.59.